The third kappa shape index (κ3) is 6.51. The van der Waals surface area contributed by atoms with Crippen LogP contribution in [0.3, 0.4) is 0 Å². The van der Waals surface area contributed by atoms with E-state index in [0.29, 0.717) is 12.0 Å². The van der Waals surface area contributed by atoms with Gasteiger partial charge < -0.3 is 15.2 Å². The Morgan fingerprint density at radius 1 is 1.27 bits per heavy atom. The number of nitrogens with one attached hydrogen (secondary N) is 1. The van der Waals surface area contributed by atoms with E-state index in [1.165, 1.54) is 24.3 Å². The number of aliphatic carboxylic acids is 1. The molecule has 0 aromatic heterocycles. The van der Waals surface area contributed by atoms with E-state index in [1.807, 2.05) is 6.92 Å². The monoisotopic (exact) mass is 315 g/mol. The molecule has 1 aromatic rings. The van der Waals surface area contributed by atoms with E-state index in [1.54, 1.807) is 0 Å². The number of carboxylic acid groups (broad SMARTS) is 1. The third-order valence-electron chi connectivity index (χ3n) is 3.05. The van der Waals surface area contributed by atoms with E-state index >= 15 is 0 Å². The molecule has 1 atom stereocenters. The van der Waals surface area contributed by atoms with Crippen LogP contribution in [0.5, 0.6) is 5.75 Å². The first kappa shape index (κ1) is 17.9. The third-order valence-corrected chi connectivity index (χ3v) is 3.05. The summed E-state index contributed by atoms with van der Waals surface area (Å²) in [6.07, 6.45) is 1.27. The lowest BCUT2D eigenvalue weighted by molar-refractivity contribution is -0.141. The fourth-order valence-corrected chi connectivity index (χ4v) is 1.93. The minimum atomic E-state index is -2.89. The number of hydrogen-bond acceptors (Lipinski definition) is 3. The molecule has 0 aliphatic heterocycles. The van der Waals surface area contributed by atoms with Crippen molar-refractivity contribution in [2.75, 3.05) is 6.54 Å². The van der Waals surface area contributed by atoms with Crippen LogP contribution >= 0.6 is 0 Å². The zero-order valence-corrected chi connectivity index (χ0v) is 12.2. The van der Waals surface area contributed by atoms with Gasteiger partial charge >= 0.3 is 12.6 Å². The van der Waals surface area contributed by atoms with Crippen molar-refractivity contribution in [1.82, 2.24) is 5.32 Å². The van der Waals surface area contributed by atoms with Gasteiger partial charge in [-0.1, -0.05) is 25.5 Å². The maximum Gasteiger partial charge on any atom is 0.387 e. The zero-order valence-electron chi connectivity index (χ0n) is 12.2. The van der Waals surface area contributed by atoms with Crippen LogP contribution in [0, 0.1) is 5.92 Å². The Balaban J connectivity index is 2.46. The molecule has 1 rings (SSSR count). The van der Waals surface area contributed by atoms with E-state index in [2.05, 4.69) is 10.1 Å². The van der Waals surface area contributed by atoms with Crippen molar-refractivity contribution in [3.05, 3.63) is 29.8 Å². The van der Waals surface area contributed by atoms with Crippen molar-refractivity contribution < 1.29 is 28.2 Å². The van der Waals surface area contributed by atoms with Crippen molar-refractivity contribution in [2.24, 2.45) is 5.92 Å². The summed E-state index contributed by atoms with van der Waals surface area (Å²) in [5.41, 5.74) is 0.626. The first-order valence-corrected chi connectivity index (χ1v) is 6.95. The molecule has 0 bridgehead atoms. The Bertz CT molecular complexity index is 491. The molecule has 0 saturated carbocycles. The Kier molecular flexibility index (Phi) is 7.28. The SMILES string of the molecule is CCCC(CNC(=O)Cc1ccc(OC(F)F)cc1)C(=O)O. The molecule has 1 amide bonds. The first-order chi connectivity index (χ1) is 10.4. The quantitative estimate of drug-likeness (QED) is 0.734. The molecule has 0 aliphatic rings. The molecule has 0 heterocycles. The highest BCUT2D eigenvalue weighted by atomic mass is 19.3. The molecule has 7 heteroatoms. The largest absolute Gasteiger partial charge is 0.481 e. The highest BCUT2D eigenvalue weighted by Crippen LogP contribution is 2.15. The van der Waals surface area contributed by atoms with E-state index in [0.717, 1.165) is 6.42 Å². The summed E-state index contributed by atoms with van der Waals surface area (Å²) in [5.74, 6) is -1.83. The Labute approximate surface area is 127 Å². The fourth-order valence-electron chi connectivity index (χ4n) is 1.93. The van der Waals surface area contributed by atoms with Gasteiger partial charge in [0, 0.05) is 6.54 Å². The second kappa shape index (κ2) is 8.96. The van der Waals surface area contributed by atoms with Crippen LogP contribution in [0.15, 0.2) is 24.3 Å². The second-order valence-electron chi connectivity index (χ2n) is 4.83. The van der Waals surface area contributed by atoms with Crippen LogP contribution < -0.4 is 10.1 Å². The lowest BCUT2D eigenvalue weighted by atomic mass is 10.0. The summed E-state index contributed by atoms with van der Waals surface area (Å²) >= 11 is 0. The minimum absolute atomic E-state index is 0.0213. The smallest absolute Gasteiger partial charge is 0.387 e. The lowest BCUT2D eigenvalue weighted by Gasteiger charge is -2.12. The summed E-state index contributed by atoms with van der Waals surface area (Å²) in [6, 6.07) is 5.73. The number of carboxylic acids is 1. The molecular formula is C15H19F2NO4. The molecule has 0 fully saturated rings. The molecular weight excluding hydrogens is 296 g/mol. The van der Waals surface area contributed by atoms with Gasteiger partial charge in [0.1, 0.15) is 5.75 Å². The second-order valence-corrected chi connectivity index (χ2v) is 4.83. The number of amides is 1. The van der Waals surface area contributed by atoms with Gasteiger partial charge in [-0.25, -0.2) is 0 Å². The van der Waals surface area contributed by atoms with Crippen LogP contribution in [-0.4, -0.2) is 30.1 Å². The van der Waals surface area contributed by atoms with Crippen LogP contribution in [0.4, 0.5) is 8.78 Å². The predicted molar refractivity (Wildman–Crippen MR) is 75.8 cm³/mol. The number of hydrogen-bond donors (Lipinski definition) is 2. The molecule has 5 nitrogen and oxygen atoms in total. The average molecular weight is 315 g/mol. The topological polar surface area (TPSA) is 75.6 Å². The molecule has 0 saturated heterocycles. The van der Waals surface area contributed by atoms with E-state index < -0.39 is 18.5 Å². The standard InChI is InChI=1S/C15H19F2NO4/c1-2-3-11(14(20)21)9-18-13(19)8-10-4-6-12(7-5-10)22-15(16)17/h4-7,11,15H,2-3,8-9H2,1H3,(H,18,19)(H,20,21). The summed E-state index contributed by atoms with van der Waals surface area (Å²) < 4.78 is 28.2. The maximum atomic E-state index is 12.0. The Hall–Kier alpha value is -2.18. The van der Waals surface area contributed by atoms with Crippen LogP contribution in [0.2, 0.25) is 0 Å². The van der Waals surface area contributed by atoms with Gasteiger partial charge in [-0.05, 0) is 24.1 Å². The van der Waals surface area contributed by atoms with Gasteiger partial charge in [0.25, 0.3) is 0 Å². The van der Waals surface area contributed by atoms with Crippen LogP contribution in [0.1, 0.15) is 25.3 Å². The van der Waals surface area contributed by atoms with Crippen LogP contribution in [0.25, 0.3) is 0 Å². The average Bonchev–Trinajstić information content (AvgIpc) is 2.44. The summed E-state index contributed by atoms with van der Waals surface area (Å²) in [4.78, 5) is 22.7. The van der Waals surface area contributed by atoms with Crippen molar-refractivity contribution >= 4 is 11.9 Å². The molecule has 0 radical (unpaired) electrons. The van der Waals surface area contributed by atoms with Gasteiger partial charge in [0.2, 0.25) is 5.91 Å². The molecule has 1 aromatic carbocycles. The van der Waals surface area contributed by atoms with Crippen LogP contribution in [-0.2, 0) is 16.0 Å². The highest BCUT2D eigenvalue weighted by Gasteiger charge is 2.17. The molecule has 0 spiro atoms. The zero-order chi connectivity index (χ0) is 16.5. The van der Waals surface area contributed by atoms with Gasteiger partial charge in [-0.3, -0.25) is 9.59 Å². The summed E-state index contributed by atoms with van der Waals surface area (Å²) in [7, 11) is 0. The lowest BCUT2D eigenvalue weighted by Crippen LogP contribution is -2.33. The number of halogens is 2. The highest BCUT2D eigenvalue weighted by molar-refractivity contribution is 5.79. The van der Waals surface area contributed by atoms with Gasteiger partial charge in [-0.15, -0.1) is 0 Å². The van der Waals surface area contributed by atoms with Crippen molar-refractivity contribution in [3.63, 3.8) is 0 Å². The first-order valence-electron chi connectivity index (χ1n) is 6.95. The van der Waals surface area contributed by atoms with Gasteiger partial charge in [0.15, 0.2) is 0 Å². The number of rotatable bonds is 9. The van der Waals surface area contributed by atoms with E-state index in [4.69, 9.17) is 5.11 Å². The Morgan fingerprint density at radius 2 is 1.91 bits per heavy atom. The molecule has 2 N–H and O–H groups in total. The Morgan fingerprint density at radius 3 is 2.41 bits per heavy atom. The fraction of sp³-hybridized carbons (Fsp3) is 0.467. The summed E-state index contributed by atoms with van der Waals surface area (Å²) in [6.45, 7) is -0.935. The van der Waals surface area contributed by atoms with Crippen molar-refractivity contribution in [3.8, 4) is 5.75 Å². The predicted octanol–water partition coefficient (Wildman–Crippen LogP) is 2.45. The maximum absolute atomic E-state index is 12.0. The van der Waals surface area contributed by atoms with Gasteiger partial charge in [-0.2, -0.15) is 8.78 Å². The number of alkyl halides is 2. The molecule has 122 valence electrons. The van der Waals surface area contributed by atoms with E-state index in [-0.39, 0.29) is 24.6 Å². The number of carbonyl (C=O) groups is 2. The molecule has 22 heavy (non-hydrogen) atoms. The number of carbonyl (C=O) groups excluding carboxylic acids is 1. The normalized spacial score (nSPS) is 12.0. The number of benzene rings is 1. The van der Waals surface area contributed by atoms with Crippen molar-refractivity contribution in [1.29, 1.82) is 0 Å². The number of ether oxygens (including phenoxy) is 1. The summed E-state index contributed by atoms with van der Waals surface area (Å²) in [5, 5.41) is 11.6. The van der Waals surface area contributed by atoms with Crippen molar-refractivity contribution in [2.45, 2.75) is 32.8 Å². The molecule has 1 unspecified atom stereocenters. The molecule has 0 aliphatic carbocycles. The minimum Gasteiger partial charge on any atom is -0.481 e. The van der Waals surface area contributed by atoms with E-state index in [9.17, 15) is 18.4 Å². The van der Waals surface area contributed by atoms with Gasteiger partial charge in [0.05, 0.1) is 12.3 Å².